The number of halogens is 1. The third-order valence-corrected chi connectivity index (χ3v) is 4.37. The van der Waals surface area contributed by atoms with Crippen LogP contribution in [0.15, 0.2) is 36.4 Å². The summed E-state index contributed by atoms with van der Waals surface area (Å²) in [6.07, 6.45) is -0.335. The van der Waals surface area contributed by atoms with Gasteiger partial charge in [0.1, 0.15) is 25.4 Å². The molecular formula is C19H21BrN2O5. The van der Waals surface area contributed by atoms with Crippen LogP contribution >= 0.6 is 17.0 Å². The number of benzene rings is 2. The van der Waals surface area contributed by atoms with E-state index in [4.69, 9.17) is 30.4 Å². The van der Waals surface area contributed by atoms with Gasteiger partial charge >= 0.3 is 0 Å². The molecule has 2 aliphatic rings. The van der Waals surface area contributed by atoms with Crippen LogP contribution in [0.4, 0.5) is 0 Å². The predicted molar refractivity (Wildman–Crippen MR) is 105 cm³/mol. The van der Waals surface area contributed by atoms with E-state index < -0.39 is 0 Å². The van der Waals surface area contributed by atoms with Crippen LogP contribution in [0.1, 0.15) is 15.9 Å². The van der Waals surface area contributed by atoms with E-state index in [2.05, 4.69) is 0 Å². The molecule has 144 valence electrons. The van der Waals surface area contributed by atoms with Crippen LogP contribution in [0, 0.1) is 0 Å². The molecule has 0 spiro atoms. The van der Waals surface area contributed by atoms with Gasteiger partial charge in [-0.15, -0.1) is 17.0 Å². The van der Waals surface area contributed by atoms with Gasteiger partial charge in [0.2, 0.25) is 0 Å². The molecule has 0 aliphatic carbocycles. The Hall–Kier alpha value is -2.29. The molecule has 0 aromatic heterocycles. The average Bonchev–Trinajstić information content (AvgIpc) is 2.71. The minimum atomic E-state index is -0.167. The van der Waals surface area contributed by atoms with E-state index in [1.807, 2.05) is 0 Å². The van der Waals surface area contributed by atoms with Crippen LogP contribution in [0.2, 0.25) is 0 Å². The second-order valence-corrected chi connectivity index (χ2v) is 6.23. The van der Waals surface area contributed by atoms with Crippen molar-refractivity contribution < 1.29 is 23.7 Å². The van der Waals surface area contributed by atoms with Crippen LogP contribution < -0.4 is 30.4 Å². The van der Waals surface area contributed by atoms with Gasteiger partial charge in [-0.2, -0.15) is 0 Å². The highest BCUT2D eigenvalue weighted by atomic mass is 79.9. The highest BCUT2D eigenvalue weighted by Crippen LogP contribution is 2.35. The molecule has 7 nitrogen and oxygen atoms in total. The maximum Gasteiger partial charge on any atom is 0.193 e. The van der Waals surface area contributed by atoms with Gasteiger partial charge in [-0.3, -0.25) is 4.79 Å². The Morgan fingerprint density at radius 2 is 1.26 bits per heavy atom. The Morgan fingerprint density at radius 1 is 0.815 bits per heavy atom. The van der Waals surface area contributed by atoms with E-state index in [1.54, 1.807) is 36.4 Å². The zero-order valence-corrected chi connectivity index (χ0v) is 16.3. The van der Waals surface area contributed by atoms with E-state index in [0.717, 1.165) is 0 Å². The number of ether oxygens (including phenoxy) is 4. The highest BCUT2D eigenvalue weighted by Gasteiger charge is 2.24. The van der Waals surface area contributed by atoms with Gasteiger partial charge in [0, 0.05) is 24.2 Å². The van der Waals surface area contributed by atoms with E-state index in [0.29, 0.717) is 60.4 Å². The first kappa shape index (κ1) is 19.5. The van der Waals surface area contributed by atoms with Gasteiger partial charge in [-0.25, -0.2) is 0 Å². The van der Waals surface area contributed by atoms with Gasteiger partial charge < -0.3 is 30.4 Å². The second kappa shape index (κ2) is 8.16. The normalized spacial score (nSPS) is 19.8. The van der Waals surface area contributed by atoms with Gasteiger partial charge in [-0.1, -0.05) is 0 Å². The van der Waals surface area contributed by atoms with Gasteiger partial charge in [0.25, 0.3) is 0 Å². The Labute approximate surface area is 167 Å². The zero-order chi connectivity index (χ0) is 18.1. The SMILES string of the molecule is Br.NCC1COc2cc(C(=O)c3ccc4c(c3)OCC(CN)O4)ccc2O1. The van der Waals surface area contributed by atoms with Crippen LogP contribution in [0.25, 0.3) is 0 Å². The maximum atomic E-state index is 12.8. The first-order valence-electron chi connectivity index (χ1n) is 8.49. The number of nitrogens with two attached hydrogens (primary N) is 2. The van der Waals surface area contributed by atoms with Crippen molar-refractivity contribution in [2.75, 3.05) is 26.3 Å². The fourth-order valence-electron chi connectivity index (χ4n) is 2.91. The smallest absolute Gasteiger partial charge is 0.193 e. The summed E-state index contributed by atoms with van der Waals surface area (Å²) < 4.78 is 22.7. The molecule has 0 amide bonds. The lowest BCUT2D eigenvalue weighted by Crippen LogP contribution is -2.35. The quantitative estimate of drug-likeness (QED) is 0.702. The van der Waals surface area contributed by atoms with Crippen molar-refractivity contribution in [2.24, 2.45) is 11.5 Å². The third kappa shape index (κ3) is 3.87. The Balaban J connectivity index is 0.00000210. The molecule has 0 fully saturated rings. The van der Waals surface area contributed by atoms with Crippen LogP contribution in [0.3, 0.4) is 0 Å². The molecule has 4 rings (SSSR count). The van der Waals surface area contributed by atoms with E-state index >= 15 is 0 Å². The van der Waals surface area contributed by atoms with Crippen LogP contribution in [-0.2, 0) is 0 Å². The first-order chi connectivity index (χ1) is 12.7. The average molecular weight is 437 g/mol. The summed E-state index contributed by atoms with van der Waals surface area (Å²) in [5.74, 6) is 2.15. The van der Waals surface area contributed by atoms with Crippen molar-refractivity contribution in [1.82, 2.24) is 0 Å². The van der Waals surface area contributed by atoms with Crippen LogP contribution in [-0.4, -0.2) is 44.3 Å². The molecule has 27 heavy (non-hydrogen) atoms. The highest BCUT2D eigenvalue weighted by molar-refractivity contribution is 8.93. The molecule has 2 aromatic carbocycles. The molecule has 2 aliphatic heterocycles. The number of hydrogen-bond acceptors (Lipinski definition) is 7. The molecule has 2 atom stereocenters. The fourth-order valence-corrected chi connectivity index (χ4v) is 2.91. The number of hydrogen-bond donors (Lipinski definition) is 2. The summed E-state index contributed by atoms with van der Waals surface area (Å²) in [4.78, 5) is 12.8. The molecule has 2 unspecified atom stereocenters. The summed E-state index contributed by atoms with van der Waals surface area (Å²) in [6, 6.07) is 10.3. The zero-order valence-electron chi connectivity index (χ0n) is 14.6. The summed E-state index contributed by atoms with van der Waals surface area (Å²) >= 11 is 0. The molecular weight excluding hydrogens is 416 g/mol. The van der Waals surface area contributed by atoms with E-state index in [-0.39, 0.29) is 35.0 Å². The summed E-state index contributed by atoms with van der Waals surface area (Å²) in [5, 5.41) is 0. The monoisotopic (exact) mass is 436 g/mol. The van der Waals surface area contributed by atoms with E-state index in [1.165, 1.54) is 0 Å². The summed E-state index contributed by atoms with van der Waals surface area (Å²) in [5.41, 5.74) is 12.2. The first-order valence-corrected chi connectivity index (χ1v) is 8.49. The van der Waals surface area contributed by atoms with Crippen molar-refractivity contribution in [2.45, 2.75) is 12.2 Å². The van der Waals surface area contributed by atoms with Gasteiger partial charge in [0.15, 0.2) is 28.8 Å². The molecule has 0 bridgehead atoms. The van der Waals surface area contributed by atoms with Gasteiger partial charge in [0.05, 0.1) is 0 Å². The molecule has 0 radical (unpaired) electrons. The Kier molecular flexibility index (Phi) is 5.88. The fraction of sp³-hybridized carbons (Fsp3) is 0.316. The Bertz CT molecular complexity index is 777. The van der Waals surface area contributed by atoms with E-state index in [9.17, 15) is 4.79 Å². The van der Waals surface area contributed by atoms with Crippen molar-refractivity contribution in [1.29, 1.82) is 0 Å². The minimum Gasteiger partial charge on any atom is -0.486 e. The van der Waals surface area contributed by atoms with Crippen molar-refractivity contribution in [3.05, 3.63) is 47.5 Å². The number of fused-ring (bicyclic) bond motifs is 2. The molecule has 2 aromatic rings. The number of ketones is 1. The standard InChI is InChI=1S/C19H20N2O5.BrH/c20-7-13-9-23-17-5-11(1-3-15(17)25-13)19(22)12-2-4-16-18(6-12)24-10-14(8-21)26-16;/h1-6,13-14H,7-10,20-21H2;1H. The summed E-state index contributed by atoms with van der Waals surface area (Å²) in [7, 11) is 0. The number of rotatable bonds is 4. The lowest BCUT2D eigenvalue weighted by Gasteiger charge is -2.26. The molecule has 0 saturated carbocycles. The summed E-state index contributed by atoms with van der Waals surface area (Å²) in [6.45, 7) is 1.49. The van der Waals surface area contributed by atoms with Crippen LogP contribution in [0.5, 0.6) is 23.0 Å². The molecule has 2 heterocycles. The van der Waals surface area contributed by atoms with Crippen molar-refractivity contribution in [3.8, 4) is 23.0 Å². The number of carbonyl (C=O) groups is 1. The topological polar surface area (TPSA) is 106 Å². The van der Waals surface area contributed by atoms with Crippen molar-refractivity contribution >= 4 is 22.8 Å². The lowest BCUT2D eigenvalue weighted by atomic mass is 10.0. The lowest BCUT2D eigenvalue weighted by molar-refractivity contribution is 0.0952. The molecule has 8 heteroatoms. The Morgan fingerprint density at radius 3 is 1.67 bits per heavy atom. The third-order valence-electron chi connectivity index (χ3n) is 4.37. The van der Waals surface area contributed by atoms with Gasteiger partial charge in [-0.05, 0) is 36.4 Å². The maximum absolute atomic E-state index is 12.8. The molecule has 4 N–H and O–H groups in total. The predicted octanol–water partition coefficient (Wildman–Crippen LogP) is 1.69. The minimum absolute atomic E-state index is 0. The second-order valence-electron chi connectivity index (χ2n) is 6.23. The molecule has 0 saturated heterocycles. The van der Waals surface area contributed by atoms with Crippen molar-refractivity contribution in [3.63, 3.8) is 0 Å². The largest absolute Gasteiger partial charge is 0.486 e. The number of carbonyl (C=O) groups excluding carboxylic acids is 1.